The number of carbonyl (C=O) groups excluding carboxylic acids is 1. The Kier molecular flexibility index (Phi) is 6.28. The lowest BCUT2D eigenvalue weighted by molar-refractivity contribution is 0.206. The number of carbonyl (C=O) groups is 1. The third kappa shape index (κ3) is 5.41. The zero-order valence-electron chi connectivity index (χ0n) is 15.8. The number of hydrogen-bond acceptors (Lipinski definition) is 3. The van der Waals surface area contributed by atoms with E-state index in [1.165, 1.54) is 0 Å². The van der Waals surface area contributed by atoms with Gasteiger partial charge in [0.2, 0.25) is 0 Å². The predicted molar refractivity (Wildman–Crippen MR) is 105 cm³/mol. The van der Waals surface area contributed by atoms with E-state index in [9.17, 15) is 4.79 Å². The van der Waals surface area contributed by atoms with Gasteiger partial charge in [0, 0.05) is 59.7 Å². The van der Waals surface area contributed by atoms with Crippen molar-refractivity contribution in [1.82, 2.24) is 10.2 Å². The minimum atomic E-state index is -0.0756. The van der Waals surface area contributed by atoms with Crippen LogP contribution in [0.15, 0.2) is 48.5 Å². The van der Waals surface area contributed by atoms with Crippen LogP contribution in [-0.2, 0) is 13.1 Å². The molecule has 134 valence electrons. The van der Waals surface area contributed by atoms with E-state index < -0.39 is 0 Å². The fourth-order valence-electron chi connectivity index (χ4n) is 2.47. The molecule has 0 saturated carbocycles. The van der Waals surface area contributed by atoms with Crippen LogP contribution in [0.1, 0.15) is 11.1 Å². The Morgan fingerprint density at radius 1 is 0.760 bits per heavy atom. The van der Waals surface area contributed by atoms with E-state index in [-0.39, 0.29) is 6.03 Å². The van der Waals surface area contributed by atoms with E-state index in [2.05, 4.69) is 51.5 Å². The summed E-state index contributed by atoms with van der Waals surface area (Å²) in [6.07, 6.45) is 0. The largest absolute Gasteiger partial charge is 0.378 e. The number of urea groups is 1. The molecule has 0 radical (unpaired) electrons. The second kappa shape index (κ2) is 8.42. The average Bonchev–Trinajstić information content (AvgIpc) is 2.60. The lowest BCUT2D eigenvalue weighted by Gasteiger charge is -2.19. The molecular formula is C20H28N4O. The van der Waals surface area contributed by atoms with Crippen molar-refractivity contribution in [2.75, 3.05) is 45.0 Å². The number of amides is 2. The molecule has 0 aliphatic rings. The quantitative estimate of drug-likeness (QED) is 0.878. The standard InChI is InChI=1S/C20H28N4O/c1-22(2)18-10-6-16(7-11-18)14-21-20(25)24(5)15-17-8-12-19(13-9-17)23(3)4/h6-13H,14-15H2,1-5H3,(H,21,25). The van der Waals surface area contributed by atoms with Crippen LogP contribution < -0.4 is 15.1 Å². The predicted octanol–water partition coefficient (Wildman–Crippen LogP) is 3.16. The van der Waals surface area contributed by atoms with Crippen LogP contribution in [0.25, 0.3) is 0 Å². The lowest BCUT2D eigenvalue weighted by Crippen LogP contribution is -2.36. The molecule has 5 heteroatoms. The summed E-state index contributed by atoms with van der Waals surface area (Å²) >= 11 is 0. The molecule has 0 saturated heterocycles. The van der Waals surface area contributed by atoms with Gasteiger partial charge in [-0.2, -0.15) is 0 Å². The Bertz CT molecular complexity index is 678. The highest BCUT2D eigenvalue weighted by Gasteiger charge is 2.09. The SMILES string of the molecule is CN(Cc1ccc(N(C)C)cc1)C(=O)NCc1ccc(N(C)C)cc1. The first-order valence-corrected chi connectivity index (χ1v) is 8.38. The molecule has 25 heavy (non-hydrogen) atoms. The summed E-state index contributed by atoms with van der Waals surface area (Å²) in [6.45, 7) is 1.11. The molecule has 0 bridgehead atoms. The maximum absolute atomic E-state index is 12.3. The van der Waals surface area contributed by atoms with Crippen LogP contribution in [0, 0.1) is 0 Å². The minimum Gasteiger partial charge on any atom is -0.378 e. The second-order valence-corrected chi connectivity index (χ2v) is 6.64. The van der Waals surface area contributed by atoms with Crippen molar-refractivity contribution in [3.05, 3.63) is 59.7 Å². The summed E-state index contributed by atoms with van der Waals surface area (Å²) < 4.78 is 0. The van der Waals surface area contributed by atoms with Gasteiger partial charge >= 0.3 is 6.03 Å². The van der Waals surface area contributed by atoms with Crippen molar-refractivity contribution in [3.63, 3.8) is 0 Å². The molecule has 0 atom stereocenters. The van der Waals surface area contributed by atoms with Crippen molar-refractivity contribution in [1.29, 1.82) is 0 Å². The topological polar surface area (TPSA) is 38.8 Å². The average molecular weight is 340 g/mol. The van der Waals surface area contributed by atoms with Crippen LogP contribution in [0.3, 0.4) is 0 Å². The monoisotopic (exact) mass is 340 g/mol. The third-order valence-corrected chi connectivity index (χ3v) is 4.12. The maximum Gasteiger partial charge on any atom is 0.317 e. The van der Waals surface area contributed by atoms with Crippen molar-refractivity contribution in [3.8, 4) is 0 Å². The van der Waals surface area contributed by atoms with E-state index in [1.54, 1.807) is 4.90 Å². The second-order valence-electron chi connectivity index (χ2n) is 6.64. The maximum atomic E-state index is 12.3. The summed E-state index contributed by atoms with van der Waals surface area (Å²) in [7, 11) is 9.86. The molecule has 0 spiro atoms. The van der Waals surface area contributed by atoms with Gasteiger partial charge in [0.05, 0.1) is 0 Å². The van der Waals surface area contributed by atoms with Crippen molar-refractivity contribution < 1.29 is 4.79 Å². The van der Waals surface area contributed by atoms with Crippen LogP contribution >= 0.6 is 0 Å². The van der Waals surface area contributed by atoms with Gasteiger partial charge in [0.25, 0.3) is 0 Å². The Hall–Kier alpha value is -2.69. The van der Waals surface area contributed by atoms with Gasteiger partial charge in [-0.05, 0) is 35.4 Å². The first-order chi connectivity index (χ1) is 11.9. The fraction of sp³-hybridized carbons (Fsp3) is 0.350. The molecule has 5 nitrogen and oxygen atoms in total. The smallest absolute Gasteiger partial charge is 0.317 e. The Labute approximate surface area is 150 Å². The molecule has 2 amide bonds. The number of hydrogen-bond donors (Lipinski definition) is 1. The molecule has 2 aromatic carbocycles. The summed E-state index contributed by atoms with van der Waals surface area (Å²) in [5.41, 5.74) is 4.49. The van der Waals surface area contributed by atoms with Gasteiger partial charge in [-0.1, -0.05) is 24.3 Å². The summed E-state index contributed by atoms with van der Waals surface area (Å²) in [5, 5.41) is 2.96. The van der Waals surface area contributed by atoms with Crippen LogP contribution in [0.4, 0.5) is 16.2 Å². The lowest BCUT2D eigenvalue weighted by atomic mass is 10.2. The highest BCUT2D eigenvalue weighted by Crippen LogP contribution is 2.14. The molecule has 0 aromatic heterocycles. The van der Waals surface area contributed by atoms with Crippen molar-refractivity contribution in [2.24, 2.45) is 0 Å². The zero-order chi connectivity index (χ0) is 18.4. The fourth-order valence-corrected chi connectivity index (χ4v) is 2.47. The molecule has 1 N–H and O–H groups in total. The highest BCUT2D eigenvalue weighted by atomic mass is 16.2. The highest BCUT2D eigenvalue weighted by molar-refractivity contribution is 5.73. The molecule has 2 aromatic rings. The summed E-state index contributed by atoms with van der Waals surface area (Å²) in [4.78, 5) is 18.1. The Morgan fingerprint density at radius 3 is 1.64 bits per heavy atom. The number of nitrogens with one attached hydrogen (secondary N) is 1. The van der Waals surface area contributed by atoms with Crippen LogP contribution in [0.5, 0.6) is 0 Å². The molecule has 0 aliphatic carbocycles. The van der Waals surface area contributed by atoms with Gasteiger partial charge in [-0.3, -0.25) is 0 Å². The van der Waals surface area contributed by atoms with Gasteiger partial charge in [0.1, 0.15) is 0 Å². The van der Waals surface area contributed by atoms with Gasteiger partial charge in [-0.15, -0.1) is 0 Å². The molecule has 0 heterocycles. The molecule has 0 aliphatic heterocycles. The molecule has 0 fully saturated rings. The van der Waals surface area contributed by atoms with E-state index in [4.69, 9.17) is 0 Å². The number of anilines is 2. The van der Waals surface area contributed by atoms with Crippen LogP contribution in [0.2, 0.25) is 0 Å². The number of benzene rings is 2. The Morgan fingerprint density at radius 2 is 1.20 bits per heavy atom. The van der Waals surface area contributed by atoms with E-state index in [1.807, 2.05) is 47.4 Å². The molecular weight excluding hydrogens is 312 g/mol. The number of nitrogens with zero attached hydrogens (tertiary/aromatic N) is 3. The van der Waals surface area contributed by atoms with Gasteiger partial charge < -0.3 is 20.0 Å². The first kappa shape index (κ1) is 18.6. The minimum absolute atomic E-state index is 0.0756. The van der Waals surface area contributed by atoms with E-state index in [0.29, 0.717) is 13.1 Å². The molecule has 2 rings (SSSR count). The van der Waals surface area contributed by atoms with E-state index in [0.717, 1.165) is 22.5 Å². The van der Waals surface area contributed by atoms with E-state index >= 15 is 0 Å². The van der Waals surface area contributed by atoms with Crippen molar-refractivity contribution in [2.45, 2.75) is 13.1 Å². The summed E-state index contributed by atoms with van der Waals surface area (Å²) in [5.74, 6) is 0. The molecule has 0 unspecified atom stereocenters. The summed E-state index contributed by atoms with van der Waals surface area (Å²) in [6, 6.07) is 16.3. The van der Waals surface area contributed by atoms with Gasteiger partial charge in [-0.25, -0.2) is 4.79 Å². The van der Waals surface area contributed by atoms with Crippen molar-refractivity contribution >= 4 is 17.4 Å². The Balaban J connectivity index is 1.85. The van der Waals surface area contributed by atoms with Gasteiger partial charge in [0.15, 0.2) is 0 Å². The normalized spacial score (nSPS) is 10.3. The zero-order valence-corrected chi connectivity index (χ0v) is 15.8. The first-order valence-electron chi connectivity index (χ1n) is 8.38. The number of rotatable bonds is 6. The van der Waals surface area contributed by atoms with Crippen LogP contribution in [-0.4, -0.2) is 46.2 Å². The third-order valence-electron chi connectivity index (χ3n) is 4.12.